The van der Waals surface area contributed by atoms with Gasteiger partial charge in [0.1, 0.15) is 11.5 Å². The molecule has 2 aromatic carbocycles. The Morgan fingerprint density at radius 1 is 0.842 bits per heavy atom. The Kier molecular flexibility index (Phi) is 4.18. The van der Waals surface area contributed by atoms with Gasteiger partial charge in [0, 0.05) is 5.69 Å². The highest BCUT2D eigenvalue weighted by Crippen LogP contribution is 2.31. The standard InChI is InChI=1S/C13H9F3INO/c14-13(15,16)9-1-5-11(6-2-9)19-12-7-3-10(18-17)4-8-12/h1-8,18H. The first kappa shape index (κ1) is 14.0. The van der Waals surface area contributed by atoms with Crippen molar-refractivity contribution in [3.63, 3.8) is 0 Å². The number of hydrogen-bond donors (Lipinski definition) is 1. The molecule has 0 fully saturated rings. The van der Waals surface area contributed by atoms with Crippen molar-refractivity contribution in [2.45, 2.75) is 6.18 Å². The number of halogens is 4. The summed E-state index contributed by atoms with van der Waals surface area (Å²) in [5, 5.41) is 0. The molecule has 0 spiro atoms. The highest BCUT2D eigenvalue weighted by atomic mass is 127. The molecule has 0 heterocycles. The summed E-state index contributed by atoms with van der Waals surface area (Å²) in [4.78, 5) is 0. The molecule has 100 valence electrons. The Bertz CT molecular complexity index is 537. The van der Waals surface area contributed by atoms with Gasteiger partial charge in [0.05, 0.1) is 28.4 Å². The number of hydrogen-bond acceptors (Lipinski definition) is 2. The largest absolute Gasteiger partial charge is 0.457 e. The van der Waals surface area contributed by atoms with Gasteiger partial charge in [-0.1, -0.05) is 0 Å². The van der Waals surface area contributed by atoms with Gasteiger partial charge in [-0.25, -0.2) is 0 Å². The molecule has 6 heteroatoms. The Morgan fingerprint density at radius 2 is 1.32 bits per heavy atom. The SMILES string of the molecule is FC(F)(F)c1ccc(Oc2ccc(NI)cc2)cc1. The van der Waals surface area contributed by atoms with Crippen LogP contribution >= 0.6 is 22.9 Å². The summed E-state index contributed by atoms with van der Waals surface area (Å²) < 4.78 is 45.5. The lowest BCUT2D eigenvalue weighted by Gasteiger charge is -2.09. The normalized spacial score (nSPS) is 11.2. The van der Waals surface area contributed by atoms with Crippen molar-refractivity contribution < 1.29 is 17.9 Å². The van der Waals surface area contributed by atoms with Crippen LogP contribution in [0.5, 0.6) is 11.5 Å². The van der Waals surface area contributed by atoms with Gasteiger partial charge in [0.25, 0.3) is 0 Å². The molecule has 2 aromatic rings. The predicted octanol–water partition coefficient (Wildman–Crippen LogP) is 5.26. The smallest absolute Gasteiger partial charge is 0.416 e. The van der Waals surface area contributed by atoms with Gasteiger partial charge in [-0.3, -0.25) is 0 Å². The van der Waals surface area contributed by atoms with E-state index in [4.69, 9.17) is 4.74 Å². The van der Waals surface area contributed by atoms with Crippen LogP contribution in [0.4, 0.5) is 18.9 Å². The Labute approximate surface area is 122 Å². The molecule has 0 amide bonds. The van der Waals surface area contributed by atoms with Gasteiger partial charge >= 0.3 is 6.18 Å². The third-order valence-electron chi connectivity index (χ3n) is 2.38. The zero-order valence-corrected chi connectivity index (χ0v) is 11.7. The van der Waals surface area contributed by atoms with E-state index >= 15 is 0 Å². The number of alkyl halides is 3. The van der Waals surface area contributed by atoms with E-state index in [1.807, 2.05) is 35.0 Å². The number of anilines is 1. The quantitative estimate of drug-likeness (QED) is 0.580. The molecule has 0 bridgehead atoms. The van der Waals surface area contributed by atoms with Crippen LogP contribution in [0, 0.1) is 0 Å². The fourth-order valence-corrected chi connectivity index (χ4v) is 1.79. The van der Waals surface area contributed by atoms with Gasteiger partial charge in [-0.05, 0) is 48.5 Å². The monoisotopic (exact) mass is 379 g/mol. The van der Waals surface area contributed by atoms with Crippen LogP contribution < -0.4 is 8.27 Å². The minimum absolute atomic E-state index is 0.364. The molecule has 0 saturated heterocycles. The average Bonchev–Trinajstić information content (AvgIpc) is 2.39. The summed E-state index contributed by atoms with van der Waals surface area (Å²) in [6, 6.07) is 11.7. The van der Waals surface area contributed by atoms with E-state index in [0.717, 1.165) is 17.8 Å². The van der Waals surface area contributed by atoms with Crippen LogP contribution in [0.15, 0.2) is 48.5 Å². The molecule has 0 radical (unpaired) electrons. The van der Waals surface area contributed by atoms with Crippen molar-refractivity contribution in [2.24, 2.45) is 0 Å². The summed E-state index contributed by atoms with van der Waals surface area (Å²) in [5.74, 6) is 0.929. The summed E-state index contributed by atoms with van der Waals surface area (Å²) in [6.45, 7) is 0. The highest BCUT2D eigenvalue weighted by Gasteiger charge is 2.29. The van der Waals surface area contributed by atoms with Crippen molar-refractivity contribution in [2.75, 3.05) is 3.53 Å². The summed E-state index contributed by atoms with van der Waals surface area (Å²) in [6.07, 6.45) is -4.33. The molecule has 2 rings (SSSR count). The van der Waals surface area contributed by atoms with E-state index in [1.54, 1.807) is 12.1 Å². The lowest BCUT2D eigenvalue weighted by Crippen LogP contribution is -2.03. The first-order chi connectivity index (χ1) is 8.99. The van der Waals surface area contributed by atoms with E-state index in [-0.39, 0.29) is 0 Å². The Morgan fingerprint density at radius 3 is 1.74 bits per heavy atom. The number of rotatable bonds is 3. The fourth-order valence-electron chi connectivity index (χ4n) is 1.43. The van der Waals surface area contributed by atoms with Gasteiger partial charge in [-0.15, -0.1) is 0 Å². The second-order valence-electron chi connectivity index (χ2n) is 3.74. The zero-order valence-electron chi connectivity index (χ0n) is 9.54. The molecule has 0 unspecified atom stereocenters. The van der Waals surface area contributed by atoms with Crippen molar-refractivity contribution >= 4 is 28.6 Å². The average molecular weight is 379 g/mol. The van der Waals surface area contributed by atoms with Crippen LogP contribution in [0.3, 0.4) is 0 Å². The van der Waals surface area contributed by atoms with Crippen molar-refractivity contribution in [1.82, 2.24) is 0 Å². The maximum absolute atomic E-state index is 12.4. The van der Waals surface area contributed by atoms with E-state index in [1.165, 1.54) is 12.1 Å². The van der Waals surface area contributed by atoms with Crippen LogP contribution in [-0.2, 0) is 6.18 Å². The summed E-state index contributed by atoms with van der Waals surface area (Å²) in [7, 11) is 0. The number of nitrogens with one attached hydrogen (secondary N) is 1. The molecule has 0 saturated carbocycles. The molecular weight excluding hydrogens is 370 g/mol. The molecule has 0 aliphatic rings. The first-order valence-corrected chi connectivity index (χ1v) is 6.39. The van der Waals surface area contributed by atoms with Crippen molar-refractivity contribution in [3.05, 3.63) is 54.1 Å². The molecular formula is C13H9F3INO. The summed E-state index contributed by atoms with van der Waals surface area (Å²) in [5.41, 5.74) is 0.227. The van der Waals surface area contributed by atoms with Crippen LogP contribution in [0.1, 0.15) is 5.56 Å². The van der Waals surface area contributed by atoms with E-state index in [9.17, 15) is 13.2 Å². The lowest BCUT2D eigenvalue weighted by molar-refractivity contribution is -0.137. The van der Waals surface area contributed by atoms with Gasteiger partial charge in [0.2, 0.25) is 0 Å². The molecule has 1 N–H and O–H groups in total. The minimum Gasteiger partial charge on any atom is -0.457 e. The summed E-state index contributed by atoms with van der Waals surface area (Å²) >= 11 is 2.00. The van der Waals surface area contributed by atoms with Crippen LogP contribution in [0.2, 0.25) is 0 Å². The third kappa shape index (κ3) is 3.76. The maximum atomic E-state index is 12.4. The minimum atomic E-state index is -4.33. The second kappa shape index (κ2) is 5.68. The Balaban J connectivity index is 2.10. The lowest BCUT2D eigenvalue weighted by atomic mass is 10.2. The van der Waals surface area contributed by atoms with Crippen molar-refractivity contribution in [1.29, 1.82) is 0 Å². The molecule has 0 atom stereocenters. The van der Waals surface area contributed by atoms with Crippen LogP contribution in [0.25, 0.3) is 0 Å². The van der Waals surface area contributed by atoms with Gasteiger partial charge in [0.15, 0.2) is 0 Å². The molecule has 0 aliphatic heterocycles. The van der Waals surface area contributed by atoms with Gasteiger partial charge in [-0.2, -0.15) is 13.2 Å². The number of ether oxygens (including phenoxy) is 1. The molecule has 2 nitrogen and oxygen atoms in total. The highest BCUT2D eigenvalue weighted by molar-refractivity contribution is 14.1. The molecule has 19 heavy (non-hydrogen) atoms. The third-order valence-corrected chi connectivity index (χ3v) is 3.00. The van der Waals surface area contributed by atoms with E-state index in [0.29, 0.717) is 11.5 Å². The maximum Gasteiger partial charge on any atom is 0.416 e. The zero-order chi connectivity index (χ0) is 13.9. The van der Waals surface area contributed by atoms with E-state index < -0.39 is 11.7 Å². The second-order valence-corrected chi connectivity index (χ2v) is 4.28. The van der Waals surface area contributed by atoms with Gasteiger partial charge < -0.3 is 8.27 Å². The molecule has 0 aliphatic carbocycles. The topological polar surface area (TPSA) is 21.3 Å². The van der Waals surface area contributed by atoms with E-state index in [2.05, 4.69) is 3.53 Å². The Hall–Kier alpha value is -1.44. The first-order valence-electron chi connectivity index (χ1n) is 5.31. The predicted molar refractivity (Wildman–Crippen MR) is 75.6 cm³/mol. The van der Waals surface area contributed by atoms with Crippen molar-refractivity contribution in [3.8, 4) is 11.5 Å². The van der Waals surface area contributed by atoms with Crippen LogP contribution in [-0.4, -0.2) is 0 Å². The fraction of sp³-hybridized carbons (Fsp3) is 0.0769. The number of benzene rings is 2. The molecule has 0 aromatic heterocycles.